The average Bonchev–Trinajstić information content (AvgIpc) is 3.22. The molecule has 0 aliphatic rings. The molecule has 1 aromatic carbocycles. The van der Waals surface area contributed by atoms with Gasteiger partial charge in [0.1, 0.15) is 5.69 Å². The number of carbonyl (C=O) groups is 1. The third-order valence-corrected chi connectivity index (χ3v) is 4.39. The lowest BCUT2D eigenvalue weighted by molar-refractivity contribution is 0.0742. The Morgan fingerprint density at radius 3 is 2.71 bits per heavy atom. The van der Waals surface area contributed by atoms with Crippen LogP contribution in [0.5, 0.6) is 0 Å². The van der Waals surface area contributed by atoms with Crippen molar-refractivity contribution in [3.63, 3.8) is 0 Å². The second kappa shape index (κ2) is 7.35. The lowest BCUT2D eigenvalue weighted by Crippen LogP contribution is -2.31. The van der Waals surface area contributed by atoms with E-state index in [4.69, 9.17) is 4.52 Å². The molecule has 0 saturated carbocycles. The summed E-state index contributed by atoms with van der Waals surface area (Å²) in [6.07, 6.45) is 0.731. The molecule has 24 heavy (non-hydrogen) atoms. The maximum absolute atomic E-state index is 12.6. The summed E-state index contributed by atoms with van der Waals surface area (Å²) in [6, 6.07) is 10.1. The number of nitrogens with zero attached hydrogens (tertiary/aromatic N) is 4. The van der Waals surface area contributed by atoms with Crippen LogP contribution < -0.4 is 0 Å². The zero-order chi connectivity index (χ0) is 16.9. The largest absolute Gasteiger partial charge is 0.340 e. The molecular formula is C17H18N4O2S. The quantitative estimate of drug-likeness (QED) is 0.688. The Morgan fingerprint density at radius 2 is 2.04 bits per heavy atom. The van der Waals surface area contributed by atoms with Crippen LogP contribution in [-0.4, -0.2) is 32.5 Å². The minimum Gasteiger partial charge on any atom is -0.340 e. The maximum Gasteiger partial charge on any atom is 0.273 e. The second-order valence-corrected chi connectivity index (χ2v) is 6.28. The topological polar surface area (TPSA) is 72.1 Å². The molecule has 2 heterocycles. The van der Waals surface area contributed by atoms with Crippen LogP contribution in [0.4, 0.5) is 0 Å². The summed E-state index contributed by atoms with van der Waals surface area (Å²) in [5.41, 5.74) is 1.65. The van der Waals surface area contributed by atoms with Crippen molar-refractivity contribution in [2.75, 3.05) is 6.54 Å². The van der Waals surface area contributed by atoms with Crippen LogP contribution in [0.3, 0.4) is 0 Å². The van der Waals surface area contributed by atoms with Crippen molar-refractivity contribution in [2.45, 2.75) is 26.8 Å². The second-order valence-electron chi connectivity index (χ2n) is 5.34. The Labute approximate surface area is 144 Å². The number of aromatic nitrogens is 3. The van der Waals surface area contributed by atoms with E-state index in [1.165, 1.54) is 16.9 Å². The van der Waals surface area contributed by atoms with E-state index in [-0.39, 0.29) is 5.91 Å². The number of carbonyl (C=O) groups excluding carboxylic acids is 1. The highest BCUT2D eigenvalue weighted by molar-refractivity contribution is 7.09. The van der Waals surface area contributed by atoms with E-state index < -0.39 is 0 Å². The third kappa shape index (κ3) is 3.86. The Balaban J connectivity index is 1.69. The van der Waals surface area contributed by atoms with Gasteiger partial charge in [0.25, 0.3) is 5.91 Å². The van der Waals surface area contributed by atoms with Crippen LogP contribution >= 0.6 is 11.3 Å². The van der Waals surface area contributed by atoms with Gasteiger partial charge >= 0.3 is 0 Å². The van der Waals surface area contributed by atoms with E-state index in [2.05, 4.69) is 27.3 Å². The van der Waals surface area contributed by atoms with Gasteiger partial charge in [-0.05, 0) is 12.5 Å². The summed E-state index contributed by atoms with van der Waals surface area (Å²) < 4.78 is 4.95. The molecule has 1 amide bonds. The van der Waals surface area contributed by atoms with Crippen molar-refractivity contribution in [2.24, 2.45) is 0 Å². The number of hydrogen-bond donors (Lipinski definition) is 0. The van der Waals surface area contributed by atoms with Crippen molar-refractivity contribution in [3.8, 4) is 0 Å². The number of hydrogen-bond acceptors (Lipinski definition) is 6. The molecule has 0 saturated heterocycles. The average molecular weight is 342 g/mol. The van der Waals surface area contributed by atoms with Gasteiger partial charge < -0.3 is 9.42 Å². The van der Waals surface area contributed by atoms with Gasteiger partial charge in [-0.2, -0.15) is 4.98 Å². The first-order chi connectivity index (χ1) is 11.7. The molecule has 0 N–H and O–H groups in total. The number of benzene rings is 1. The highest BCUT2D eigenvalue weighted by Gasteiger charge is 2.19. The molecule has 0 aliphatic heterocycles. The number of thiazole rings is 1. The number of amides is 1. The highest BCUT2D eigenvalue weighted by Crippen LogP contribution is 2.16. The lowest BCUT2D eigenvalue weighted by Gasteiger charge is -2.17. The van der Waals surface area contributed by atoms with E-state index >= 15 is 0 Å². The first-order valence-electron chi connectivity index (χ1n) is 7.72. The molecule has 3 aromatic rings. The molecule has 7 heteroatoms. The Hall–Kier alpha value is -2.54. The van der Waals surface area contributed by atoms with Crippen LogP contribution in [0.25, 0.3) is 0 Å². The van der Waals surface area contributed by atoms with Crippen LogP contribution in [0, 0.1) is 6.92 Å². The van der Waals surface area contributed by atoms with Crippen LogP contribution in [0.15, 0.2) is 40.2 Å². The van der Waals surface area contributed by atoms with Gasteiger partial charge in [-0.1, -0.05) is 35.5 Å². The Morgan fingerprint density at radius 1 is 1.25 bits per heavy atom. The van der Waals surface area contributed by atoms with Gasteiger partial charge in [0.2, 0.25) is 5.89 Å². The van der Waals surface area contributed by atoms with Gasteiger partial charge in [-0.15, -0.1) is 11.3 Å². The molecule has 124 valence electrons. The predicted octanol–water partition coefficient (Wildman–Crippen LogP) is 3.09. The molecule has 0 spiro atoms. The normalized spacial score (nSPS) is 10.8. The van der Waals surface area contributed by atoms with Crippen LogP contribution in [0.2, 0.25) is 0 Å². The fraction of sp³-hybridized carbons (Fsp3) is 0.294. The molecular weight excluding hydrogens is 324 g/mol. The molecule has 6 nitrogen and oxygen atoms in total. The summed E-state index contributed by atoms with van der Waals surface area (Å²) in [6.45, 7) is 4.52. The van der Waals surface area contributed by atoms with Gasteiger partial charge in [0, 0.05) is 25.3 Å². The van der Waals surface area contributed by atoms with E-state index in [0.29, 0.717) is 30.5 Å². The number of rotatable bonds is 6. The summed E-state index contributed by atoms with van der Waals surface area (Å²) in [4.78, 5) is 22.9. The fourth-order valence-electron chi connectivity index (χ4n) is 2.33. The van der Waals surface area contributed by atoms with E-state index in [1.54, 1.807) is 11.8 Å². The summed E-state index contributed by atoms with van der Waals surface area (Å²) in [7, 11) is 0. The SMILES string of the molecule is CCN(Cc1noc(C)n1)C(=O)c1csc(Cc2ccccc2)n1. The minimum atomic E-state index is -0.115. The molecule has 0 bridgehead atoms. The van der Waals surface area contributed by atoms with Crippen molar-refractivity contribution in [1.29, 1.82) is 0 Å². The van der Waals surface area contributed by atoms with Gasteiger partial charge in [0.05, 0.1) is 11.6 Å². The number of aryl methyl sites for hydroxylation is 1. The van der Waals surface area contributed by atoms with Crippen molar-refractivity contribution in [3.05, 3.63) is 63.7 Å². The van der Waals surface area contributed by atoms with Gasteiger partial charge in [0.15, 0.2) is 5.82 Å². The van der Waals surface area contributed by atoms with E-state index in [0.717, 1.165) is 11.4 Å². The molecule has 0 unspecified atom stereocenters. The smallest absolute Gasteiger partial charge is 0.273 e. The van der Waals surface area contributed by atoms with Crippen molar-refractivity contribution < 1.29 is 9.32 Å². The Kier molecular flexibility index (Phi) is 5.00. The summed E-state index contributed by atoms with van der Waals surface area (Å²) in [5.74, 6) is 0.880. The molecule has 0 aliphatic carbocycles. The highest BCUT2D eigenvalue weighted by atomic mass is 32.1. The molecule has 0 fully saturated rings. The van der Waals surface area contributed by atoms with Crippen molar-refractivity contribution >= 4 is 17.2 Å². The van der Waals surface area contributed by atoms with Crippen LogP contribution in [-0.2, 0) is 13.0 Å². The zero-order valence-corrected chi connectivity index (χ0v) is 14.4. The Bertz CT molecular complexity index is 813. The standard InChI is InChI=1S/C17H18N4O2S/c1-3-21(10-15-18-12(2)23-20-15)17(22)14-11-24-16(19-14)9-13-7-5-4-6-8-13/h4-8,11H,3,9-10H2,1-2H3. The zero-order valence-electron chi connectivity index (χ0n) is 13.6. The monoisotopic (exact) mass is 342 g/mol. The maximum atomic E-state index is 12.6. The predicted molar refractivity (Wildman–Crippen MR) is 90.8 cm³/mol. The molecule has 0 radical (unpaired) electrons. The lowest BCUT2D eigenvalue weighted by atomic mass is 10.2. The molecule has 0 atom stereocenters. The first-order valence-corrected chi connectivity index (χ1v) is 8.60. The molecule has 3 rings (SSSR count). The minimum absolute atomic E-state index is 0.115. The molecule has 2 aromatic heterocycles. The van der Waals surface area contributed by atoms with Gasteiger partial charge in [-0.3, -0.25) is 4.79 Å². The van der Waals surface area contributed by atoms with Crippen LogP contribution in [0.1, 0.15) is 39.7 Å². The van der Waals surface area contributed by atoms with Crippen molar-refractivity contribution in [1.82, 2.24) is 20.0 Å². The van der Waals surface area contributed by atoms with Gasteiger partial charge in [-0.25, -0.2) is 4.98 Å². The first kappa shape index (κ1) is 16.3. The fourth-order valence-corrected chi connectivity index (χ4v) is 3.13. The van der Waals surface area contributed by atoms with E-state index in [9.17, 15) is 4.79 Å². The summed E-state index contributed by atoms with van der Waals surface area (Å²) >= 11 is 1.50. The third-order valence-electron chi connectivity index (χ3n) is 3.54. The summed E-state index contributed by atoms with van der Waals surface area (Å²) in [5, 5.41) is 6.58. The van der Waals surface area contributed by atoms with E-state index in [1.807, 2.05) is 30.5 Å².